The molecular formula is C12H24N2O2. The maximum atomic E-state index is 5.48. The van der Waals surface area contributed by atoms with Crippen molar-refractivity contribution in [2.45, 2.75) is 39.1 Å². The molecule has 2 N–H and O–H groups in total. The normalized spacial score (nSPS) is 40.9. The van der Waals surface area contributed by atoms with Crippen LogP contribution in [0.5, 0.6) is 0 Å². The molecule has 0 aliphatic carbocycles. The van der Waals surface area contributed by atoms with Crippen LogP contribution in [-0.4, -0.2) is 38.8 Å². The highest BCUT2D eigenvalue weighted by Crippen LogP contribution is 2.17. The highest BCUT2D eigenvalue weighted by atomic mass is 16.7. The fourth-order valence-electron chi connectivity index (χ4n) is 2.24. The molecule has 2 aliphatic heterocycles. The summed E-state index contributed by atoms with van der Waals surface area (Å²) in [6.45, 7) is 8.19. The van der Waals surface area contributed by atoms with Crippen molar-refractivity contribution in [3.8, 4) is 0 Å². The van der Waals surface area contributed by atoms with E-state index >= 15 is 0 Å². The van der Waals surface area contributed by atoms with E-state index in [1.165, 1.54) is 12.8 Å². The van der Waals surface area contributed by atoms with Crippen LogP contribution in [0.2, 0.25) is 0 Å². The van der Waals surface area contributed by atoms with Gasteiger partial charge in [0.05, 0.1) is 19.4 Å². The minimum absolute atomic E-state index is 0.0111. The van der Waals surface area contributed by atoms with Crippen LogP contribution < -0.4 is 10.6 Å². The summed E-state index contributed by atoms with van der Waals surface area (Å²) >= 11 is 0. The molecule has 0 bridgehead atoms. The van der Waals surface area contributed by atoms with E-state index in [1.54, 1.807) is 0 Å². The number of nitrogens with one attached hydrogen (secondary N) is 2. The zero-order chi connectivity index (χ0) is 11.4. The monoisotopic (exact) mass is 228 g/mol. The SMILES string of the molecule is CC1CNC(CCC2COC(C)OC2)NC1. The summed E-state index contributed by atoms with van der Waals surface area (Å²) in [7, 11) is 0. The second-order valence-electron chi connectivity index (χ2n) is 5.15. The van der Waals surface area contributed by atoms with Gasteiger partial charge in [-0.25, -0.2) is 0 Å². The lowest BCUT2D eigenvalue weighted by atomic mass is 10.0. The van der Waals surface area contributed by atoms with Gasteiger partial charge < -0.3 is 20.1 Å². The summed E-state index contributed by atoms with van der Waals surface area (Å²) in [5, 5.41) is 7.05. The average Bonchev–Trinajstić information content (AvgIpc) is 2.30. The number of hydrogen-bond donors (Lipinski definition) is 2. The Hall–Kier alpha value is -0.160. The van der Waals surface area contributed by atoms with Crippen molar-refractivity contribution in [3.63, 3.8) is 0 Å². The van der Waals surface area contributed by atoms with Gasteiger partial charge >= 0.3 is 0 Å². The van der Waals surface area contributed by atoms with Crippen molar-refractivity contribution in [2.75, 3.05) is 26.3 Å². The predicted octanol–water partition coefficient (Wildman–Crippen LogP) is 0.931. The maximum Gasteiger partial charge on any atom is 0.154 e. The first-order valence-corrected chi connectivity index (χ1v) is 6.44. The molecule has 16 heavy (non-hydrogen) atoms. The molecule has 4 heteroatoms. The van der Waals surface area contributed by atoms with Gasteiger partial charge in [-0.1, -0.05) is 6.92 Å². The molecule has 2 aliphatic rings. The summed E-state index contributed by atoms with van der Waals surface area (Å²) in [5.74, 6) is 1.32. The van der Waals surface area contributed by atoms with Crippen molar-refractivity contribution in [1.29, 1.82) is 0 Å². The lowest BCUT2D eigenvalue weighted by Crippen LogP contribution is -2.52. The summed E-state index contributed by atoms with van der Waals surface area (Å²) in [5.41, 5.74) is 0. The van der Waals surface area contributed by atoms with E-state index in [-0.39, 0.29) is 6.29 Å². The molecule has 2 heterocycles. The van der Waals surface area contributed by atoms with E-state index in [4.69, 9.17) is 9.47 Å². The van der Waals surface area contributed by atoms with Crippen LogP contribution in [0.15, 0.2) is 0 Å². The minimum atomic E-state index is -0.0111. The zero-order valence-corrected chi connectivity index (χ0v) is 10.4. The molecule has 0 spiro atoms. The molecular weight excluding hydrogens is 204 g/mol. The van der Waals surface area contributed by atoms with E-state index in [1.807, 2.05) is 6.92 Å². The molecule has 0 radical (unpaired) electrons. The molecule has 0 unspecified atom stereocenters. The van der Waals surface area contributed by atoms with Crippen molar-refractivity contribution in [1.82, 2.24) is 10.6 Å². The van der Waals surface area contributed by atoms with Gasteiger partial charge in [-0.15, -0.1) is 0 Å². The van der Waals surface area contributed by atoms with E-state index in [0.717, 1.165) is 32.2 Å². The van der Waals surface area contributed by atoms with Crippen LogP contribution in [0, 0.1) is 11.8 Å². The highest BCUT2D eigenvalue weighted by molar-refractivity contribution is 4.76. The first-order valence-electron chi connectivity index (χ1n) is 6.44. The van der Waals surface area contributed by atoms with Gasteiger partial charge in [0.1, 0.15) is 0 Å². The topological polar surface area (TPSA) is 42.5 Å². The predicted molar refractivity (Wildman–Crippen MR) is 63.0 cm³/mol. The van der Waals surface area contributed by atoms with Gasteiger partial charge in [0.15, 0.2) is 6.29 Å². The summed E-state index contributed by atoms with van der Waals surface area (Å²) in [6, 6.07) is 0. The largest absolute Gasteiger partial charge is 0.353 e. The summed E-state index contributed by atoms with van der Waals surface area (Å²) < 4.78 is 11.0. The Morgan fingerprint density at radius 2 is 1.62 bits per heavy atom. The van der Waals surface area contributed by atoms with E-state index < -0.39 is 0 Å². The molecule has 94 valence electrons. The molecule has 0 aromatic carbocycles. The average molecular weight is 228 g/mol. The van der Waals surface area contributed by atoms with Crippen LogP contribution in [0.25, 0.3) is 0 Å². The van der Waals surface area contributed by atoms with Gasteiger partial charge in [-0.2, -0.15) is 0 Å². The molecule has 2 rings (SSSR count). The maximum absolute atomic E-state index is 5.48. The highest BCUT2D eigenvalue weighted by Gasteiger charge is 2.22. The Morgan fingerprint density at radius 3 is 2.25 bits per heavy atom. The second-order valence-corrected chi connectivity index (χ2v) is 5.15. The van der Waals surface area contributed by atoms with Crippen LogP contribution in [0.1, 0.15) is 26.7 Å². The molecule has 2 fully saturated rings. The number of ether oxygens (including phenoxy) is 2. The third-order valence-electron chi connectivity index (χ3n) is 3.42. The van der Waals surface area contributed by atoms with Crippen molar-refractivity contribution in [3.05, 3.63) is 0 Å². The molecule has 0 aromatic heterocycles. The molecule has 0 atom stereocenters. The van der Waals surface area contributed by atoms with Gasteiger partial charge in [0.25, 0.3) is 0 Å². The fraction of sp³-hybridized carbons (Fsp3) is 1.00. The standard InChI is InChI=1S/C12H24N2O2/c1-9-5-13-12(14-6-9)4-3-11-7-15-10(2)16-8-11/h9-14H,3-8H2,1-2H3. The van der Waals surface area contributed by atoms with Crippen molar-refractivity contribution < 1.29 is 9.47 Å². The number of rotatable bonds is 3. The Kier molecular flexibility index (Phi) is 4.58. The summed E-state index contributed by atoms with van der Waals surface area (Å²) in [4.78, 5) is 0. The van der Waals surface area contributed by atoms with Crippen molar-refractivity contribution >= 4 is 0 Å². The Balaban J connectivity index is 1.60. The second kappa shape index (κ2) is 5.96. The van der Waals surface area contributed by atoms with Gasteiger partial charge in [-0.05, 0) is 25.7 Å². The molecule has 0 aromatic rings. The third-order valence-corrected chi connectivity index (χ3v) is 3.42. The molecule has 2 saturated heterocycles. The van der Waals surface area contributed by atoms with Crippen LogP contribution in [0.3, 0.4) is 0 Å². The van der Waals surface area contributed by atoms with Crippen LogP contribution in [-0.2, 0) is 9.47 Å². The minimum Gasteiger partial charge on any atom is -0.353 e. The zero-order valence-electron chi connectivity index (χ0n) is 10.4. The Bertz CT molecular complexity index is 175. The lowest BCUT2D eigenvalue weighted by Gasteiger charge is -2.32. The Labute approximate surface area is 98.1 Å². The number of hydrogen-bond acceptors (Lipinski definition) is 4. The molecule has 0 amide bonds. The van der Waals surface area contributed by atoms with Gasteiger partial charge in [-0.3, -0.25) is 0 Å². The van der Waals surface area contributed by atoms with Crippen LogP contribution >= 0.6 is 0 Å². The molecule has 0 saturated carbocycles. The van der Waals surface area contributed by atoms with E-state index in [2.05, 4.69) is 17.6 Å². The van der Waals surface area contributed by atoms with Gasteiger partial charge in [0.2, 0.25) is 0 Å². The third kappa shape index (κ3) is 3.70. The summed E-state index contributed by atoms with van der Waals surface area (Å²) in [6.07, 6.45) is 2.81. The first-order chi connectivity index (χ1) is 7.74. The smallest absolute Gasteiger partial charge is 0.154 e. The fourth-order valence-corrected chi connectivity index (χ4v) is 2.24. The Morgan fingerprint density at radius 1 is 1.00 bits per heavy atom. The molecule has 4 nitrogen and oxygen atoms in total. The van der Waals surface area contributed by atoms with Crippen LogP contribution in [0.4, 0.5) is 0 Å². The first kappa shape index (κ1) is 12.3. The van der Waals surface area contributed by atoms with E-state index in [0.29, 0.717) is 12.1 Å². The van der Waals surface area contributed by atoms with E-state index in [9.17, 15) is 0 Å². The quantitative estimate of drug-likeness (QED) is 0.754. The van der Waals surface area contributed by atoms with Gasteiger partial charge in [0, 0.05) is 19.0 Å². The van der Waals surface area contributed by atoms with Crippen molar-refractivity contribution in [2.24, 2.45) is 11.8 Å². The lowest BCUT2D eigenvalue weighted by molar-refractivity contribution is -0.191.